The number of aromatic hydroxyl groups is 1. The molecule has 0 aromatic heterocycles. The van der Waals surface area contributed by atoms with Crippen LogP contribution >= 0.6 is 0 Å². The Bertz CT molecular complexity index is 389. The summed E-state index contributed by atoms with van der Waals surface area (Å²) in [6, 6.07) is 5.30. The molecule has 15 heavy (non-hydrogen) atoms. The average Bonchev–Trinajstić information content (AvgIpc) is 2.28. The van der Waals surface area contributed by atoms with Gasteiger partial charge in [0.25, 0.3) is 0 Å². The molecule has 0 saturated heterocycles. The number of hydrogen-bond donors (Lipinski definition) is 2. The van der Waals surface area contributed by atoms with E-state index in [4.69, 9.17) is 4.74 Å². The molecule has 1 heterocycles. The van der Waals surface area contributed by atoms with Crippen LogP contribution < -0.4 is 5.32 Å². The van der Waals surface area contributed by atoms with Crippen molar-refractivity contribution < 1.29 is 14.6 Å². The molecule has 0 radical (unpaired) electrons. The normalized spacial score (nSPS) is 18.9. The summed E-state index contributed by atoms with van der Waals surface area (Å²) in [4.78, 5) is 11.3. The molecule has 1 aromatic carbocycles. The molecule has 0 spiro atoms. The van der Waals surface area contributed by atoms with Gasteiger partial charge < -0.3 is 15.2 Å². The number of benzene rings is 1. The molecule has 1 atom stereocenters. The third-order valence-corrected chi connectivity index (χ3v) is 2.65. The quantitative estimate of drug-likeness (QED) is 0.535. The summed E-state index contributed by atoms with van der Waals surface area (Å²) < 4.78 is 4.69. The first-order valence-corrected chi connectivity index (χ1v) is 4.85. The number of phenols is 1. The number of carbonyl (C=O) groups excluding carboxylic acids is 1. The van der Waals surface area contributed by atoms with Gasteiger partial charge in [0.1, 0.15) is 5.75 Å². The van der Waals surface area contributed by atoms with Crippen molar-refractivity contribution >= 4 is 11.7 Å². The number of hydrogen-bond acceptors (Lipinski definition) is 4. The predicted molar refractivity (Wildman–Crippen MR) is 55.8 cm³/mol. The molecule has 4 heteroatoms. The van der Waals surface area contributed by atoms with E-state index < -0.39 is 0 Å². The molecule has 1 unspecified atom stereocenters. The molecule has 0 bridgehead atoms. The number of esters is 1. The van der Waals surface area contributed by atoms with Crippen molar-refractivity contribution in [2.24, 2.45) is 5.92 Å². The maximum Gasteiger partial charge on any atom is 0.310 e. The number of nitrogens with one attached hydrogen (secondary N) is 1. The SMILES string of the molecule is COC(=O)C1CNc2c(O)cccc2C1. The lowest BCUT2D eigenvalue weighted by Crippen LogP contribution is -2.30. The van der Waals surface area contributed by atoms with E-state index >= 15 is 0 Å². The van der Waals surface area contributed by atoms with Crippen molar-refractivity contribution in [1.29, 1.82) is 0 Å². The predicted octanol–water partition coefficient (Wildman–Crippen LogP) is 1.15. The van der Waals surface area contributed by atoms with Crippen LogP contribution in [0.15, 0.2) is 18.2 Å². The Labute approximate surface area is 87.9 Å². The van der Waals surface area contributed by atoms with E-state index in [-0.39, 0.29) is 17.6 Å². The van der Waals surface area contributed by atoms with E-state index in [9.17, 15) is 9.90 Å². The van der Waals surface area contributed by atoms with E-state index in [1.54, 1.807) is 12.1 Å². The van der Waals surface area contributed by atoms with Gasteiger partial charge in [-0.2, -0.15) is 0 Å². The van der Waals surface area contributed by atoms with Crippen molar-refractivity contribution in [3.05, 3.63) is 23.8 Å². The number of methoxy groups -OCH3 is 1. The minimum atomic E-state index is -0.212. The van der Waals surface area contributed by atoms with Crippen molar-refractivity contribution in [3.63, 3.8) is 0 Å². The lowest BCUT2D eigenvalue weighted by Gasteiger charge is -2.24. The number of carbonyl (C=O) groups is 1. The minimum Gasteiger partial charge on any atom is -0.506 e. The van der Waals surface area contributed by atoms with Crippen LogP contribution in [-0.2, 0) is 16.0 Å². The highest BCUT2D eigenvalue weighted by Gasteiger charge is 2.26. The van der Waals surface area contributed by atoms with Crippen LogP contribution in [0.4, 0.5) is 5.69 Å². The fraction of sp³-hybridized carbons (Fsp3) is 0.364. The summed E-state index contributed by atoms with van der Waals surface area (Å²) in [6.45, 7) is 0.511. The molecule has 1 aromatic rings. The fourth-order valence-corrected chi connectivity index (χ4v) is 1.86. The zero-order valence-electron chi connectivity index (χ0n) is 8.49. The second-order valence-electron chi connectivity index (χ2n) is 3.62. The summed E-state index contributed by atoms with van der Waals surface area (Å²) in [7, 11) is 1.39. The second-order valence-corrected chi connectivity index (χ2v) is 3.62. The summed E-state index contributed by atoms with van der Waals surface area (Å²) in [5, 5.41) is 12.6. The van der Waals surface area contributed by atoms with E-state index in [2.05, 4.69) is 5.32 Å². The van der Waals surface area contributed by atoms with Gasteiger partial charge in [-0.3, -0.25) is 4.79 Å². The van der Waals surface area contributed by atoms with Crippen LogP contribution in [0.25, 0.3) is 0 Å². The summed E-state index contributed by atoms with van der Waals surface area (Å²) >= 11 is 0. The molecule has 4 nitrogen and oxygen atoms in total. The number of para-hydroxylation sites is 1. The lowest BCUT2D eigenvalue weighted by molar-refractivity contribution is -0.145. The Kier molecular flexibility index (Phi) is 2.49. The molecule has 0 amide bonds. The maximum atomic E-state index is 11.3. The van der Waals surface area contributed by atoms with E-state index in [1.807, 2.05) is 6.07 Å². The van der Waals surface area contributed by atoms with Crippen LogP contribution in [-0.4, -0.2) is 24.7 Å². The molecular weight excluding hydrogens is 194 g/mol. The first-order valence-electron chi connectivity index (χ1n) is 4.85. The number of anilines is 1. The van der Waals surface area contributed by atoms with Gasteiger partial charge in [-0.25, -0.2) is 0 Å². The van der Waals surface area contributed by atoms with Crippen LogP contribution in [0.3, 0.4) is 0 Å². The highest BCUT2D eigenvalue weighted by Crippen LogP contribution is 2.32. The highest BCUT2D eigenvalue weighted by atomic mass is 16.5. The zero-order valence-corrected chi connectivity index (χ0v) is 8.49. The third kappa shape index (κ3) is 1.75. The number of rotatable bonds is 1. The maximum absolute atomic E-state index is 11.3. The molecule has 0 fully saturated rings. The van der Waals surface area contributed by atoms with Crippen molar-refractivity contribution in [3.8, 4) is 5.75 Å². The van der Waals surface area contributed by atoms with Gasteiger partial charge >= 0.3 is 5.97 Å². The zero-order chi connectivity index (χ0) is 10.8. The Morgan fingerprint density at radius 3 is 3.13 bits per heavy atom. The van der Waals surface area contributed by atoms with Crippen LogP contribution in [0.2, 0.25) is 0 Å². The molecule has 0 aliphatic carbocycles. The van der Waals surface area contributed by atoms with E-state index in [1.165, 1.54) is 7.11 Å². The van der Waals surface area contributed by atoms with E-state index in [0.717, 1.165) is 11.3 Å². The molecule has 0 saturated carbocycles. The van der Waals surface area contributed by atoms with Crippen LogP contribution in [0.5, 0.6) is 5.75 Å². The minimum absolute atomic E-state index is 0.163. The van der Waals surface area contributed by atoms with Gasteiger partial charge in [0.15, 0.2) is 0 Å². The third-order valence-electron chi connectivity index (χ3n) is 2.65. The molecular formula is C11H13NO3. The van der Waals surface area contributed by atoms with Gasteiger partial charge in [0.05, 0.1) is 18.7 Å². The van der Waals surface area contributed by atoms with Gasteiger partial charge in [0.2, 0.25) is 0 Å². The second kappa shape index (κ2) is 3.81. The van der Waals surface area contributed by atoms with E-state index in [0.29, 0.717) is 13.0 Å². The fourth-order valence-electron chi connectivity index (χ4n) is 1.86. The average molecular weight is 207 g/mol. The van der Waals surface area contributed by atoms with Crippen LogP contribution in [0.1, 0.15) is 5.56 Å². The summed E-state index contributed by atoms with van der Waals surface area (Å²) in [5.41, 5.74) is 1.69. The van der Waals surface area contributed by atoms with Gasteiger partial charge in [0, 0.05) is 6.54 Å². The summed E-state index contributed by atoms with van der Waals surface area (Å²) in [5.74, 6) is -0.142. The highest BCUT2D eigenvalue weighted by molar-refractivity contribution is 5.76. The molecule has 2 rings (SSSR count). The monoisotopic (exact) mass is 207 g/mol. The first-order chi connectivity index (χ1) is 7.22. The molecule has 80 valence electrons. The molecule has 1 aliphatic rings. The van der Waals surface area contributed by atoms with Crippen molar-refractivity contribution in [2.45, 2.75) is 6.42 Å². The Balaban J connectivity index is 2.24. The van der Waals surface area contributed by atoms with Crippen molar-refractivity contribution in [2.75, 3.05) is 19.0 Å². The van der Waals surface area contributed by atoms with Gasteiger partial charge in [-0.1, -0.05) is 12.1 Å². The number of phenolic OH excluding ortho intramolecular Hbond substituents is 1. The standard InChI is InChI=1S/C11H13NO3/c1-15-11(14)8-5-7-3-2-4-9(13)10(7)12-6-8/h2-4,8,12-13H,5-6H2,1H3. The summed E-state index contributed by atoms with van der Waals surface area (Å²) in [6.07, 6.45) is 0.614. The number of fused-ring (bicyclic) bond motifs is 1. The largest absolute Gasteiger partial charge is 0.506 e. The molecule has 1 aliphatic heterocycles. The smallest absolute Gasteiger partial charge is 0.310 e. The molecule has 2 N–H and O–H groups in total. The Morgan fingerprint density at radius 2 is 2.40 bits per heavy atom. The van der Waals surface area contributed by atoms with Crippen molar-refractivity contribution in [1.82, 2.24) is 0 Å². The van der Waals surface area contributed by atoms with Gasteiger partial charge in [-0.15, -0.1) is 0 Å². The lowest BCUT2D eigenvalue weighted by atomic mass is 9.94. The topological polar surface area (TPSA) is 58.6 Å². The Morgan fingerprint density at radius 1 is 1.60 bits per heavy atom. The first kappa shape index (κ1) is 9.83. The van der Waals surface area contributed by atoms with Crippen LogP contribution in [0, 0.1) is 5.92 Å². The van der Waals surface area contributed by atoms with Gasteiger partial charge in [-0.05, 0) is 18.1 Å². The Hall–Kier alpha value is -1.71. The number of ether oxygens (including phenoxy) is 1.